The first kappa shape index (κ1) is 22.5. The lowest BCUT2D eigenvalue weighted by Crippen LogP contribution is -2.19. The monoisotopic (exact) mass is 528 g/mol. The second kappa shape index (κ2) is 10.3. The van der Waals surface area contributed by atoms with Crippen LogP contribution in [0.25, 0.3) is 6.08 Å². The van der Waals surface area contributed by atoms with Crippen molar-refractivity contribution in [1.29, 1.82) is 0 Å². The van der Waals surface area contributed by atoms with E-state index >= 15 is 0 Å². The smallest absolute Gasteiger partial charge is 0.264 e. The van der Waals surface area contributed by atoms with Crippen molar-refractivity contribution < 1.29 is 14.3 Å². The van der Waals surface area contributed by atoms with Gasteiger partial charge in [0.25, 0.3) is 5.91 Å². The summed E-state index contributed by atoms with van der Waals surface area (Å²) in [6.45, 7) is 0.323. The number of thioether (sulfide) groups is 1. The molecule has 4 rings (SSSR count). The molecule has 1 aliphatic rings. The minimum absolute atomic E-state index is 0.196. The molecule has 0 bridgehead atoms. The number of aliphatic imine (C=N–C) groups is 1. The highest BCUT2D eigenvalue weighted by Crippen LogP contribution is 2.34. The molecule has 0 aromatic heterocycles. The number of halogens is 2. The van der Waals surface area contributed by atoms with Gasteiger partial charge in [0.1, 0.15) is 6.61 Å². The predicted octanol–water partition coefficient (Wildman–Crippen LogP) is 6.58. The Morgan fingerprint density at radius 3 is 2.66 bits per heavy atom. The maximum Gasteiger partial charge on any atom is 0.264 e. The molecule has 0 spiro atoms. The fourth-order valence-corrected chi connectivity index (χ4v) is 4.35. The summed E-state index contributed by atoms with van der Waals surface area (Å²) in [6, 6.07) is 20.6. The van der Waals surface area contributed by atoms with Gasteiger partial charge >= 0.3 is 0 Å². The minimum Gasteiger partial charge on any atom is -0.493 e. The SMILES string of the molecule is COc1cc(C=C2SC(=Nc3ccccc3Br)NC2=O)ccc1OCc1ccccc1Cl. The molecule has 0 saturated carbocycles. The number of ether oxygens (including phenoxy) is 2. The zero-order valence-electron chi connectivity index (χ0n) is 17.0. The molecule has 1 aliphatic heterocycles. The van der Waals surface area contributed by atoms with E-state index in [0.717, 1.165) is 21.3 Å². The average molecular weight is 530 g/mol. The number of nitrogens with one attached hydrogen (secondary N) is 1. The fraction of sp³-hybridized carbons (Fsp3) is 0.0833. The van der Waals surface area contributed by atoms with E-state index in [1.54, 1.807) is 13.2 Å². The van der Waals surface area contributed by atoms with Gasteiger partial charge in [-0.2, -0.15) is 0 Å². The van der Waals surface area contributed by atoms with Crippen molar-refractivity contribution in [3.8, 4) is 11.5 Å². The fourth-order valence-electron chi connectivity index (χ4n) is 2.95. The van der Waals surface area contributed by atoms with Gasteiger partial charge in [0.15, 0.2) is 16.7 Å². The molecule has 1 saturated heterocycles. The van der Waals surface area contributed by atoms with Gasteiger partial charge in [-0.25, -0.2) is 4.99 Å². The van der Waals surface area contributed by atoms with Crippen LogP contribution in [0.3, 0.4) is 0 Å². The number of methoxy groups -OCH3 is 1. The van der Waals surface area contributed by atoms with Crippen LogP contribution in [-0.4, -0.2) is 18.2 Å². The van der Waals surface area contributed by atoms with Gasteiger partial charge in [0.2, 0.25) is 0 Å². The van der Waals surface area contributed by atoms with Crippen LogP contribution in [0.4, 0.5) is 5.69 Å². The zero-order chi connectivity index (χ0) is 22.5. The Kier molecular flexibility index (Phi) is 7.19. The normalized spacial score (nSPS) is 15.8. The van der Waals surface area contributed by atoms with Crippen LogP contribution < -0.4 is 14.8 Å². The number of carbonyl (C=O) groups is 1. The second-order valence-electron chi connectivity index (χ2n) is 6.72. The lowest BCUT2D eigenvalue weighted by molar-refractivity contribution is -0.115. The van der Waals surface area contributed by atoms with Crippen LogP contribution in [-0.2, 0) is 11.4 Å². The van der Waals surface area contributed by atoms with Crippen molar-refractivity contribution in [3.05, 3.63) is 92.3 Å². The number of amides is 1. The molecule has 1 fully saturated rings. The summed E-state index contributed by atoms with van der Waals surface area (Å²) in [5.41, 5.74) is 2.45. The molecule has 8 heteroatoms. The van der Waals surface area contributed by atoms with Crippen LogP contribution in [0.5, 0.6) is 11.5 Å². The van der Waals surface area contributed by atoms with Gasteiger partial charge < -0.3 is 14.8 Å². The topological polar surface area (TPSA) is 59.9 Å². The van der Waals surface area contributed by atoms with Crippen molar-refractivity contribution in [2.45, 2.75) is 6.61 Å². The van der Waals surface area contributed by atoms with Gasteiger partial charge in [-0.1, -0.05) is 48.0 Å². The first-order chi connectivity index (χ1) is 15.5. The molecule has 32 heavy (non-hydrogen) atoms. The minimum atomic E-state index is -0.196. The summed E-state index contributed by atoms with van der Waals surface area (Å²) in [7, 11) is 1.58. The van der Waals surface area contributed by atoms with Crippen molar-refractivity contribution in [2.24, 2.45) is 4.99 Å². The van der Waals surface area contributed by atoms with E-state index in [2.05, 4.69) is 26.2 Å². The Hall–Kier alpha value is -2.74. The van der Waals surface area contributed by atoms with Crippen molar-refractivity contribution in [2.75, 3.05) is 7.11 Å². The Morgan fingerprint density at radius 1 is 1.09 bits per heavy atom. The van der Waals surface area contributed by atoms with Crippen LogP contribution in [0, 0.1) is 0 Å². The third-order valence-corrected chi connectivity index (χ3v) is 6.50. The lowest BCUT2D eigenvalue weighted by Gasteiger charge is -2.12. The average Bonchev–Trinajstić information content (AvgIpc) is 3.13. The molecule has 1 amide bonds. The molecule has 0 aliphatic carbocycles. The van der Waals surface area contributed by atoms with E-state index in [1.807, 2.05) is 66.7 Å². The molecule has 3 aromatic carbocycles. The van der Waals surface area contributed by atoms with Gasteiger partial charge in [-0.3, -0.25) is 4.79 Å². The molecule has 0 unspecified atom stereocenters. The van der Waals surface area contributed by atoms with Crippen molar-refractivity contribution in [3.63, 3.8) is 0 Å². The van der Waals surface area contributed by atoms with Crippen LogP contribution in [0.1, 0.15) is 11.1 Å². The third kappa shape index (κ3) is 5.35. The molecule has 1 heterocycles. The number of carbonyl (C=O) groups excluding carboxylic acids is 1. The standard InChI is InChI=1S/C24H18BrClN2O3S/c1-30-21-12-15(10-11-20(21)31-14-16-6-2-4-8-18(16)26)13-22-23(29)28-24(32-22)27-19-9-5-3-7-17(19)25/h2-13H,14H2,1H3,(H,27,28,29). The number of para-hydroxylation sites is 1. The largest absolute Gasteiger partial charge is 0.493 e. The summed E-state index contributed by atoms with van der Waals surface area (Å²) >= 11 is 10.9. The maximum atomic E-state index is 12.4. The summed E-state index contributed by atoms with van der Waals surface area (Å²) in [4.78, 5) is 17.5. The van der Waals surface area contributed by atoms with Crippen molar-refractivity contribution in [1.82, 2.24) is 5.32 Å². The van der Waals surface area contributed by atoms with Gasteiger partial charge in [0.05, 0.1) is 17.7 Å². The lowest BCUT2D eigenvalue weighted by atomic mass is 10.2. The van der Waals surface area contributed by atoms with E-state index in [-0.39, 0.29) is 5.91 Å². The molecule has 162 valence electrons. The zero-order valence-corrected chi connectivity index (χ0v) is 20.1. The highest BCUT2D eigenvalue weighted by molar-refractivity contribution is 9.10. The predicted molar refractivity (Wildman–Crippen MR) is 134 cm³/mol. The summed E-state index contributed by atoms with van der Waals surface area (Å²) in [6.07, 6.45) is 1.79. The van der Waals surface area contributed by atoms with E-state index in [4.69, 9.17) is 21.1 Å². The molecular weight excluding hydrogens is 512 g/mol. The maximum absolute atomic E-state index is 12.4. The van der Waals surface area contributed by atoms with Gasteiger partial charge in [0, 0.05) is 15.1 Å². The Balaban J connectivity index is 1.51. The summed E-state index contributed by atoms with van der Waals surface area (Å²) in [5.74, 6) is 0.963. The van der Waals surface area contributed by atoms with Gasteiger partial charge in [-0.15, -0.1) is 0 Å². The summed E-state index contributed by atoms with van der Waals surface area (Å²) < 4.78 is 12.2. The first-order valence-electron chi connectivity index (χ1n) is 9.62. The number of hydrogen-bond donors (Lipinski definition) is 1. The molecule has 0 atom stereocenters. The first-order valence-corrected chi connectivity index (χ1v) is 11.6. The highest BCUT2D eigenvalue weighted by Gasteiger charge is 2.24. The van der Waals surface area contributed by atoms with E-state index in [1.165, 1.54) is 11.8 Å². The Bertz CT molecular complexity index is 1230. The molecule has 5 nitrogen and oxygen atoms in total. The number of hydrogen-bond acceptors (Lipinski definition) is 5. The Morgan fingerprint density at radius 2 is 1.88 bits per heavy atom. The number of benzene rings is 3. The molecular formula is C24H18BrClN2O3S. The molecule has 3 aromatic rings. The highest BCUT2D eigenvalue weighted by atomic mass is 79.9. The van der Waals surface area contributed by atoms with Crippen LogP contribution >= 0.6 is 39.3 Å². The third-order valence-electron chi connectivity index (χ3n) is 4.55. The van der Waals surface area contributed by atoms with Gasteiger partial charge in [-0.05, 0) is 69.7 Å². The van der Waals surface area contributed by atoms with Crippen LogP contribution in [0.2, 0.25) is 5.02 Å². The number of amidine groups is 1. The summed E-state index contributed by atoms with van der Waals surface area (Å²) in [5, 5.41) is 3.98. The second-order valence-corrected chi connectivity index (χ2v) is 9.02. The van der Waals surface area contributed by atoms with Crippen LogP contribution in [0.15, 0.2) is 81.1 Å². The van der Waals surface area contributed by atoms with E-state index in [9.17, 15) is 4.79 Å². The van der Waals surface area contributed by atoms with Crippen molar-refractivity contribution >= 4 is 62.1 Å². The van der Waals surface area contributed by atoms with E-state index < -0.39 is 0 Å². The van der Waals surface area contributed by atoms with E-state index in [0.29, 0.717) is 33.2 Å². The Labute approximate surface area is 203 Å². The molecule has 0 radical (unpaired) electrons. The number of nitrogens with zero attached hydrogens (tertiary/aromatic N) is 1. The molecule has 1 N–H and O–H groups in total. The number of rotatable bonds is 6. The quantitative estimate of drug-likeness (QED) is 0.366.